The van der Waals surface area contributed by atoms with Gasteiger partial charge in [0.05, 0.1) is 6.61 Å². The minimum atomic E-state index is -0.301. The van der Waals surface area contributed by atoms with Crippen molar-refractivity contribution >= 4 is 12.6 Å². The first-order valence-electron chi connectivity index (χ1n) is 2.21. The van der Waals surface area contributed by atoms with Gasteiger partial charge in [-0.3, -0.25) is 0 Å². The molecule has 1 unspecified atom stereocenters. The summed E-state index contributed by atoms with van der Waals surface area (Å²) >= 11 is 3.84. The third-order valence-electron chi connectivity index (χ3n) is 0.515. The van der Waals surface area contributed by atoms with Crippen LogP contribution in [0.2, 0.25) is 0 Å². The standard InChI is InChI=1S/C4H10O2S/c1-2-6-4(7)3-5/h4-5,7H,2-3H2,1H3. The van der Waals surface area contributed by atoms with E-state index < -0.39 is 0 Å². The van der Waals surface area contributed by atoms with Gasteiger partial charge in [-0.15, -0.1) is 12.6 Å². The molecule has 0 aromatic heterocycles. The van der Waals surface area contributed by atoms with Gasteiger partial charge >= 0.3 is 0 Å². The highest BCUT2D eigenvalue weighted by molar-refractivity contribution is 7.80. The fourth-order valence-corrected chi connectivity index (χ4v) is 0.394. The van der Waals surface area contributed by atoms with Crippen LogP contribution in [0.1, 0.15) is 6.92 Å². The van der Waals surface area contributed by atoms with E-state index in [1.807, 2.05) is 6.92 Å². The lowest BCUT2D eigenvalue weighted by atomic mass is 10.7. The summed E-state index contributed by atoms with van der Waals surface area (Å²) in [7, 11) is 0. The van der Waals surface area contributed by atoms with Crippen LogP contribution in [0, 0.1) is 0 Å². The molecule has 0 saturated carbocycles. The Morgan fingerprint density at radius 1 is 1.86 bits per heavy atom. The van der Waals surface area contributed by atoms with Gasteiger partial charge in [0.1, 0.15) is 5.44 Å². The number of aliphatic hydroxyl groups excluding tert-OH is 1. The Morgan fingerprint density at radius 2 is 2.43 bits per heavy atom. The predicted octanol–water partition coefficient (Wildman–Crippen LogP) is 0.271. The minimum absolute atomic E-state index is 0.0169. The zero-order chi connectivity index (χ0) is 5.70. The molecule has 0 aliphatic heterocycles. The van der Waals surface area contributed by atoms with Gasteiger partial charge in [-0.2, -0.15) is 0 Å². The number of rotatable bonds is 3. The predicted molar refractivity (Wildman–Crippen MR) is 31.5 cm³/mol. The van der Waals surface area contributed by atoms with Crippen LogP contribution < -0.4 is 0 Å². The molecule has 0 amide bonds. The van der Waals surface area contributed by atoms with Gasteiger partial charge in [0.15, 0.2) is 0 Å². The van der Waals surface area contributed by atoms with E-state index in [2.05, 4.69) is 12.6 Å². The van der Waals surface area contributed by atoms with Crippen molar-refractivity contribution in [3.8, 4) is 0 Å². The topological polar surface area (TPSA) is 29.5 Å². The summed E-state index contributed by atoms with van der Waals surface area (Å²) in [6.07, 6.45) is 0. The minimum Gasteiger partial charge on any atom is -0.393 e. The molecular formula is C4H10O2S. The summed E-state index contributed by atoms with van der Waals surface area (Å²) in [5, 5.41) is 8.26. The van der Waals surface area contributed by atoms with Gasteiger partial charge < -0.3 is 9.84 Å². The second kappa shape index (κ2) is 4.43. The van der Waals surface area contributed by atoms with Crippen LogP contribution in [0.5, 0.6) is 0 Å². The number of hydrogen-bond donors (Lipinski definition) is 2. The van der Waals surface area contributed by atoms with E-state index in [9.17, 15) is 0 Å². The number of thiol groups is 1. The van der Waals surface area contributed by atoms with Crippen molar-refractivity contribution in [3.05, 3.63) is 0 Å². The van der Waals surface area contributed by atoms with Gasteiger partial charge in [0.25, 0.3) is 0 Å². The van der Waals surface area contributed by atoms with Crippen LogP contribution in [0.4, 0.5) is 0 Å². The summed E-state index contributed by atoms with van der Waals surface area (Å²) in [5.74, 6) is 0. The normalized spacial score (nSPS) is 14.1. The van der Waals surface area contributed by atoms with Crippen LogP contribution in [0.3, 0.4) is 0 Å². The highest BCUT2D eigenvalue weighted by Gasteiger charge is 1.94. The third-order valence-corrected chi connectivity index (χ3v) is 0.828. The molecular weight excluding hydrogens is 112 g/mol. The fraction of sp³-hybridized carbons (Fsp3) is 1.00. The van der Waals surface area contributed by atoms with Crippen molar-refractivity contribution in [2.24, 2.45) is 0 Å². The second-order valence-electron chi connectivity index (χ2n) is 1.09. The van der Waals surface area contributed by atoms with E-state index in [0.29, 0.717) is 6.61 Å². The van der Waals surface area contributed by atoms with Gasteiger partial charge in [0.2, 0.25) is 0 Å². The van der Waals surface area contributed by atoms with Crippen molar-refractivity contribution in [2.75, 3.05) is 13.2 Å². The van der Waals surface area contributed by atoms with Crippen molar-refractivity contribution in [1.29, 1.82) is 0 Å². The monoisotopic (exact) mass is 122 g/mol. The van der Waals surface area contributed by atoms with Crippen molar-refractivity contribution < 1.29 is 9.84 Å². The molecule has 0 rings (SSSR count). The van der Waals surface area contributed by atoms with Crippen molar-refractivity contribution in [2.45, 2.75) is 12.4 Å². The van der Waals surface area contributed by atoms with Crippen LogP contribution in [0.25, 0.3) is 0 Å². The van der Waals surface area contributed by atoms with Crippen LogP contribution in [-0.4, -0.2) is 23.8 Å². The summed E-state index contributed by atoms with van der Waals surface area (Å²) in [6.45, 7) is 2.45. The molecule has 0 fully saturated rings. The number of aliphatic hydroxyl groups is 1. The summed E-state index contributed by atoms with van der Waals surface area (Å²) in [4.78, 5) is 0. The van der Waals surface area contributed by atoms with Crippen LogP contribution >= 0.6 is 12.6 Å². The quantitative estimate of drug-likeness (QED) is 0.415. The Kier molecular flexibility index (Phi) is 4.60. The zero-order valence-electron chi connectivity index (χ0n) is 4.29. The average Bonchev–Trinajstić information content (AvgIpc) is 1.68. The Morgan fingerprint density at radius 3 is 2.57 bits per heavy atom. The largest absolute Gasteiger partial charge is 0.393 e. The zero-order valence-corrected chi connectivity index (χ0v) is 5.19. The maximum absolute atomic E-state index is 8.26. The third kappa shape index (κ3) is 4.12. The summed E-state index contributed by atoms with van der Waals surface area (Å²) < 4.78 is 4.81. The van der Waals surface area contributed by atoms with Gasteiger partial charge in [-0.05, 0) is 6.92 Å². The van der Waals surface area contributed by atoms with E-state index in [-0.39, 0.29) is 12.0 Å². The Hall–Kier alpha value is 0.270. The van der Waals surface area contributed by atoms with Crippen LogP contribution in [0.15, 0.2) is 0 Å². The SMILES string of the molecule is CCOC(S)CO. The maximum Gasteiger partial charge on any atom is 0.123 e. The highest BCUT2D eigenvalue weighted by atomic mass is 32.1. The molecule has 7 heavy (non-hydrogen) atoms. The van der Waals surface area contributed by atoms with E-state index >= 15 is 0 Å². The van der Waals surface area contributed by atoms with Gasteiger partial charge in [-0.1, -0.05) is 0 Å². The molecule has 1 atom stereocenters. The molecule has 0 saturated heterocycles. The molecule has 0 aromatic carbocycles. The summed E-state index contributed by atoms with van der Waals surface area (Å²) in [5.41, 5.74) is -0.301. The van der Waals surface area contributed by atoms with E-state index in [4.69, 9.17) is 9.84 Å². The molecule has 3 heteroatoms. The van der Waals surface area contributed by atoms with Crippen LogP contribution in [-0.2, 0) is 4.74 Å². The smallest absolute Gasteiger partial charge is 0.123 e. The Labute approximate surface area is 48.9 Å². The Balaban J connectivity index is 2.83. The molecule has 0 bridgehead atoms. The molecule has 0 aliphatic carbocycles. The molecule has 1 N–H and O–H groups in total. The molecule has 0 spiro atoms. The molecule has 0 aromatic rings. The lowest BCUT2D eigenvalue weighted by molar-refractivity contribution is 0.0787. The first-order chi connectivity index (χ1) is 3.31. The summed E-state index contributed by atoms with van der Waals surface area (Å²) in [6, 6.07) is 0. The lowest BCUT2D eigenvalue weighted by Gasteiger charge is -2.03. The van der Waals surface area contributed by atoms with Gasteiger partial charge in [0, 0.05) is 6.61 Å². The van der Waals surface area contributed by atoms with Crippen molar-refractivity contribution in [1.82, 2.24) is 0 Å². The number of hydrogen-bond acceptors (Lipinski definition) is 3. The Bertz CT molecular complexity index is 40.7. The average molecular weight is 122 g/mol. The van der Waals surface area contributed by atoms with E-state index in [1.165, 1.54) is 0 Å². The molecule has 2 nitrogen and oxygen atoms in total. The first kappa shape index (κ1) is 7.27. The fourth-order valence-electron chi connectivity index (χ4n) is 0.245. The van der Waals surface area contributed by atoms with E-state index in [1.54, 1.807) is 0 Å². The highest BCUT2D eigenvalue weighted by Crippen LogP contribution is 1.92. The lowest BCUT2D eigenvalue weighted by Crippen LogP contribution is -2.08. The second-order valence-corrected chi connectivity index (χ2v) is 1.67. The molecule has 0 aliphatic rings. The van der Waals surface area contributed by atoms with Gasteiger partial charge in [-0.25, -0.2) is 0 Å². The van der Waals surface area contributed by atoms with Crippen molar-refractivity contribution in [3.63, 3.8) is 0 Å². The van der Waals surface area contributed by atoms with E-state index in [0.717, 1.165) is 0 Å². The number of ether oxygens (including phenoxy) is 1. The molecule has 0 heterocycles. The molecule has 44 valence electrons. The molecule has 0 radical (unpaired) electrons. The first-order valence-corrected chi connectivity index (χ1v) is 2.73. The maximum atomic E-state index is 8.26.